The summed E-state index contributed by atoms with van der Waals surface area (Å²) in [5, 5.41) is 0. The number of benzene rings is 2. The molecule has 2 N–H and O–H groups in total. The third-order valence-corrected chi connectivity index (χ3v) is 8.86. The van der Waals surface area contributed by atoms with Gasteiger partial charge in [-0.3, -0.25) is 9.59 Å². The van der Waals surface area contributed by atoms with E-state index in [0.717, 1.165) is 49.9 Å². The lowest BCUT2D eigenvalue weighted by atomic mass is 9.70. The summed E-state index contributed by atoms with van der Waals surface area (Å²) in [7, 11) is 0. The lowest BCUT2D eigenvalue weighted by Gasteiger charge is -2.44. The van der Waals surface area contributed by atoms with Crippen molar-refractivity contribution >= 4 is 11.8 Å². The molecule has 2 aliphatic heterocycles. The van der Waals surface area contributed by atoms with Gasteiger partial charge in [-0.05, 0) is 98.3 Å². The SMILES string of the molecule is CC1(CN2CCC(COc3ccc(-c4ccc(C(=O)N5CCC[C@H](C(N)=O)C5)cc4)cc3F)CC2)CCC1. The Bertz CT molecular complexity index is 1140. The Morgan fingerprint density at radius 3 is 2.34 bits per heavy atom. The number of nitrogens with two attached hydrogens (primary N) is 1. The lowest BCUT2D eigenvalue weighted by molar-refractivity contribution is -0.123. The normalized spacial score (nSPS) is 22.1. The van der Waals surface area contributed by atoms with Crippen molar-refractivity contribution in [2.24, 2.45) is 23.0 Å². The van der Waals surface area contributed by atoms with Gasteiger partial charge in [0.15, 0.2) is 11.6 Å². The van der Waals surface area contributed by atoms with Gasteiger partial charge in [0, 0.05) is 25.2 Å². The molecule has 1 atom stereocenters. The molecule has 6 nitrogen and oxygen atoms in total. The predicted molar refractivity (Wildman–Crippen MR) is 146 cm³/mol. The number of likely N-dealkylation sites (tertiary alicyclic amines) is 2. The van der Waals surface area contributed by atoms with Crippen LogP contribution < -0.4 is 10.5 Å². The van der Waals surface area contributed by atoms with Crippen LogP contribution in [0.1, 0.15) is 62.2 Å². The quantitative estimate of drug-likeness (QED) is 0.524. The van der Waals surface area contributed by atoms with Crippen LogP contribution in [-0.4, -0.2) is 60.9 Å². The highest BCUT2D eigenvalue weighted by Crippen LogP contribution is 2.41. The Labute approximate surface area is 225 Å². The zero-order valence-electron chi connectivity index (χ0n) is 22.5. The van der Waals surface area contributed by atoms with Gasteiger partial charge >= 0.3 is 0 Å². The number of halogens is 1. The molecule has 0 aromatic heterocycles. The van der Waals surface area contributed by atoms with Crippen LogP contribution in [0.4, 0.5) is 4.39 Å². The van der Waals surface area contributed by atoms with Crippen LogP contribution in [0, 0.1) is 23.1 Å². The van der Waals surface area contributed by atoms with Gasteiger partial charge < -0.3 is 20.3 Å². The Morgan fingerprint density at radius 2 is 1.71 bits per heavy atom. The maximum absolute atomic E-state index is 14.9. The van der Waals surface area contributed by atoms with E-state index in [9.17, 15) is 14.0 Å². The Kier molecular flexibility index (Phi) is 8.03. The van der Waals surface area contributed by atoms with Gasteiger partial charge in [0.05, 0.1) is 12.5 Å². The summed E-state index contributed by atoms with van der Waals surface area (Å²) in [5.74, 6) is -0.374. The smallest absolute Gasteiger partial charge is 0.253 e. The third-order valence-electron chi connectivity index (χ3n) is 8.86. The van der Waals surface area contributed by atoms with Crippen LogP contribution in [0.3, 0.4) is 0 Å². The topological polar surface area (TPSA) is 75.9 Å². The van der Waals surface area contributed by atoms with Crippen molar-refractivity contribution in [1.82, 2.24) is 9.80 Å². The van der Waals surface area contributed by atoms with Gasteiger partial charge in [-0.1, -0.05) is 31.5 Å². The van der Waals surface area contributed by atoms with Crippen molar-refractivity contribution in [1.29, 1.82) is 0 Å². The number of rotatable bonds is 8. The predicted octanol–water partition coefficient (Wildman–Crippen LogP) is 5.11. The standard InChI is InChI=1S/C31H40FN3O3/c1-31(13-3-14-31)21-34-16-11-22(12-17-34)20-38-28-10-9-25(18-27(28)32)23-5-7-24(8-6-23)30(37)35-15-2-4-26(19-35)29(33)36/h5-10,18,22,26H,2-4,11-17,19-21H2,1H3,(H2,33,36)/t26-/m0/s1. The first-order chi connectivity index (χ1) is 18.3. The first kappa shape index (κ1) is 26.7. The largest absolute Gasteiger partial charge is 0.490 e. The molecule has 1 saturated carbocycles. The van der Waals surface area contributed by atoms with Gasteiger partial charge in [0.2, 0.25) is 5.91 Å². The molecule has 204 valence electrons. The van der Waals surface area contributed by atoms with Crippen LogP contribution in [0.2, 0.25) is 0 Å². The number of piperidine rings is 2. The van der Waals surface area contributed by atoms with E-state index in [1.165, 1.54) is 31.9 Å². The Balaban J connectivity index is 1.13. The molecule has 7 heteroatoms. The summed E-state index contributed by atoms with van der Waals surface area (Å²) in [4.78, 5) is 28.7. The minimum Gasteiger partial charge on any atom is -0.490 e. The molecular weight excluding hydrogens is 481 g/mol. The van der Waals surface area contributed by atoms with Crippen molar-refractivity contribution in [3.8, 4) is 16.9 Å². The average Bonchev–Trinajstić information content (AvgIpc) is 2.92. The summed E-state index contributed by atoms with van der Waals surface area (Å²) in [5.41, 5.74) is 8.07. The molecule has 0 bridgehead atoms. The van der Waals surface area contributed by atoms with E-state index in [1.54, 1.807) is 23.1 Å². The molecule has 0 radical (unpaired) electrons. The lowest BCUT2D eigenvalue weighted by Crippen LogP contribution is -2.44. The van der Waals surface area contributed by atoms with Gasteiger partial charge in [-0.25, -0.2) is 4.39 Å². The molecule has 2 aromatic rings. The number of carbonyl (C=O) groups excluding carboxylic acids is 2. The minimum absolute atomic E-state index is 0.111. The zero-order chi connectivity index (χ0) is 26.7. The van der Waals surface area contributed by atoms with Gasteiger partial charge in [-0.15, -0.1) is 0 Å². The van der Waals surface area contributed by atoms with E-state index < -0.39 is 0 Å². The highest BCUT2D eigenvalue weighted by Gasteiger charge is 2.34. The van der Waals surface area contributed by atoms with Crippen molar-refractivity contribution in [2.45, 2.75) is 51.9 Å². The molecule has 0 unspecified atom stereocenters. The van der Waals surface area contributed by atoms with Crippen molar-refractivity contribution in [3.05, 3.63) is 53.8 Å². The second kappa shape index (κ2) is 11.4. The van der Waals surface area contributed by atoms with E-state index >= 15 is 0 Å². The van der Waals surface area contributed by atoms with E-state index in [0.29, 0.717) is 42.3 Å². The van der Waals surface area contributed by atoms with Crippen LogP contribution in [0.25, 0.3) is 11.1 Å². The molecular formula is C31H40FN3O3. The second-order valence-electron chi connectivity index (χ2n) is 11.9. The molecule has 2 saturated heterocycles. The molecule has 2 aromatic carbocycles. The Morgan fingerprint density at radius 1 is 1.00 bits per heavy atom. The van der Waals surface area contributed by atoms with Crippen LogP contribution in [0.5, 0.6) is 5.75 Å². The van der Waals surface area contributed by atoms with Crippen molar-refractivity contribution < 1.29 is 18.7 Å². The highest BCUT2D eigenvalue weighted by molar-refractivity contribution is 5.95. The van der Waals surface area contributed by atoms with Crippen molar-refractivity contribution in [2.75, 3.05) is 39.3 Å². The number of ether oxygens (including phenoxy) is 1. The van der Waals surface area contributed by atoms with Gasteiger partial charge in [-0.2, -0.15) is 0 Å². The summed E-state index contributed by atoms with van der Waals surface area (Å²) in [6.07, 6.45) is 7.76. The van der Waals surface area contributed by atoms with Crippen molar-refractivity contribution in [3.63, 3.8) is 0 Å². The highest BCUT2D eigenvalue weighted by atomic mass is 19.1. The minimum atomic E-state index is -0.371. The second-order valence-corrected chi connectivity index (χ2v) is 11.9. The van der Waals surface area contributed by atoms with E-state index in [1.807, 2.05) is 18.2 Å². The van der Waals surface area contributed by atoms with Gasteiger partial charge in [0.1, 0.15) is 0 Å². The average molecular weight is 522 g/mol. The maximum atomic E-state index is 14.9. The van der Waals surface area contributed by atoms with E-state index in [-0.39, 0.29) is 23.5 Å². The first-order valence-electron chi connectivity index (χ1n) is 14.1. The molecule has 5 rings (SSSR count). The molecule has 1 aliphatic carbocycles. The van der Waals surface area contributed by atoms with E-state index in [2.05, 4.69) is 11.8 Å². The molecule has 3 aliphatic rings. The molecule has 2 amide bonds. The summed E-state index contributed by atoms with van der Waals surface area (Å²) < 4.78 is 20.8. The molecule has 3 fully saturated rings. The Hall–Kier alpha value is -2.93. The number of amides is 2. The first-order valence-corrected chi connectivity index (χ1v) is 14.1. The van der Waals surface area contributed by atoms with Crippen LogP contribution in [-0.2, 0) is 4.79 Å². The third kappa shape index (κ3) is 6.20. The fourth-order valence-electron chi connectivity index (χ4n) is 6.18. The maximum Gasteiger partial charge on any atom is 0.253 e. The number of carbonyl (C=O) groups is 2. The molecule has 38 heavy (non-hydrogen) atoms. The number of nitrogens with zero attached hydrogens (tertiary/aromatic N) is 2. The number of hydrogen-bond donors (Lipinski definition) is 1. The van der Waals surface area contributed by atoms with E-state index in [4.69, 9.17) is 10.5 Å². The zero-order valence-corrected chi connectivity index (χ0v) is 22.5. The molecule has 0 spiro atoms. The van der Waals surface area contributed by atoms with Crippen LogP contribution in [0.15, 0.2) is 42.5 Å². The summed E-state index contributed by atoms with van der Waals surface area (Å²) >= 11 is 0. The van der Waals surface area contributed by atoms with Gasteiger partial charge in [0.25, 0.3) is 5.91 Å². The van der Waals surface area contributed by atoms with Crippen LogP contribution >= 0.6 is 0 Å². The monoisotopic (exact) mass is 521 g/mol. The molecule has 2 heterocycles. The summed E-state index contributed by atoms with van der Waals surface area (Å²) in [6, 6.07) is 12.2. The summed E-state index contributed by atoms with van der Waals surface area (Å²) in [6.45, 7) is 7.35. The number of hydrogen-bond acceptors (Lipinski definition) is 4. The fraction of sp³-hybridized carbons (Fsp3) is 0.548. The number of primary amides is 1. The fourth-order valence-corrected chi connectivity index (χ4v) is 6.18.